The third-order valence-corrected chi connectivity index (χ3v) is 5.85. The second-order valence-electron chi connectivity index (χ2n) is 6.16. The predicted octanol–water partition coefficient (Wildman–Crippen LogP) is 3.39. The van der Waals surface area contributed by atoms with E-state index >= 15 is 0 Å². The number of nitro groups is 1. The first-order chi connectivity index (χ1) is 12.7. The summed E-state index contributed by atoms with van der Waals surface area (Å²) < 4.78 is 27.5. The predicted molar refractivity (Wildman–Crippen MR) is 100 cm³/mol. The molecule has 0 bridgehead atoms. The Balaban J connectivity index is 2.68. The second-order valence-corrected chi connectivity index (χ2v) is 7.99. The van der Waals surface area contributed by atoms with E-state index in [9.17, 15) is 23.3 Å². The van der Waals surface area contributed by atoms with Crippen LogP contribution < -0.4 is 4.31 Å². The molecule has 0 saturated heterocycles. The Morgan fingerprint density at radius 2 is 1.74 bits per heavy atom. The highest BCUT2D eigenvalue weighted by Gasteiger charge is 2.33. The van der Waals surface area contributed by atoms with E-state index in [1.165, 1.54) is 12.1 Å². The lowest BCUT2D eigenvalue weighted by molar-refractivity contribution is -0.387. The standard InChI is InChI=1S/C18H20N2O6S/c1-13(2)14-7-3-4-8-15(14)19(12-11-18(21)22)27(25,26)17-10-6-5-9-16(17)20(23)24/h3-10,13H,11-12H2,1-2H3,(H,21,22). The van der Waals surface area contributed by atoms with Gasteiger partial charge in [0, 0.05) is 12.6 Å². The maximum absolute atomic E-state index is 13.3. The number of nitrogens with zero attached hydrogens (tertiary/aromatic N) is 2. The number of hydrogen-bond donors (Lipinski definition) is 1. The monoisotopic (exact) mass is 392 g/mol. The lowest BCUT2D eigenvalue weighted by Gasteiger charge is -2.27. The molecule has 0 aromatic heterocycles. The summed E-state index contributed by atoms with van der Waals surface area (Å²) in [6, 6.07) is 11.8. The smallest absolute Gasteiger partial charge is 0.305 e. The number of nitro benzene ring substituents is 1. The van der Waals surface area contributed by atoms with Crippen molar-refractivity contribution in [1.29, 1.82) is 0 Å². The molecular weight excluding hydrogens is 372 g/mol. The van der Waals surface area contributed by atoms with E-state index in [1.807, 2.05) is 13.8 Å². The number of carboxylic acid groups (broad SMARTS) is 1. The molecule has 27 heavy (non-hydrogen) atoms. The molecular formula is C18H20N2O6S. The SMILES string of the molecule is CC(C)c1ccccc1N(CCC(=O)O)S(=O)(=O)c1ccccc1[N+](=O)[O-]. The van der Waals surface area contributed by atoms with Gasteiger partial charge in [-0.1, -0.05) is 44.2 Å². The molecule has 0 heterocycles. The molecule has 0 aliphatic rings. The molecule has 1 N–H and O–H groups in total. The molecule has 8 nitrogen and oxygen atoms in total. The van der Waals surface area contributed by atoms with Crippen LogP contribution in [0.4, 0.5) is 11.4 Å². The lowest BCUT2D eigenvalue weighted by atomic mass is 10.0. The first-order valence-corrected chi connectivity index (χ1v) is 9.67. The van der Waals surface area contributed by atoms with Crippen LogP contribution in [0.25, 0.3) is 0 Å². The third-order valence-electron chi connectivity index (χ3n) is 3.99. The largest absolute Gasteiger partial charge is 0.481 e. The molecule has 2 aromatic rings. The summed E-state index contributed by atoms with van der Waals surface area (Å²) in [5, 5.41) is 20.3. The highest BCUT2D eigenvalue weighted by molar-refractivity contribution is 7.93. The van der Waals surface area contributed by atoms with Crippen LogP contribution >= 0.6 is 0 Å². The molecule has 0 fully saturated rings. The Hall–Kier alpha value is -2.94. The normalized spacial score (nSPS) is 11.4. The molecule has 0 amide bonds. The topological polar surface area (TPSA) is 118 Å². The number of anilines is 1. The number of carboxylic acids is 1. The van der Waals surface area contributed by atoms with Gasteiger partial charge in [0.25, 0.3) is 15.7 Å². The minimum absolute atomic E-state index is 0.0329. The van der Waals surface area contributed by atoms with E-state index in [1.54, 1.807) is 24.3 Å². The molecule has 0 aliphatic heterocycles. The molecule has 9 heteroatoms. The van der Waals surface area contributed by atoms with Crippen LogP contribution in [0.3, 0.4) is 0 Å². The van der Waals surface area contributed by atoms with Gasteiger partial charge in [-0.2, -0.15) is 0 Å². The third kappa shape index (κ3) is 4.43. The Morgan fingerprint density at radius 3 is 2.33 bits per heavy atom. The Labute approximate surface area is 157 Å². The summed E-state index contributed by atoms with van der Waals surface area (Å²) in [5.41, 5.74) is 0.455. The second kappa shape index (κ2) is 8.17. The Morgan fingerprint density at radius 1 is 1.15 bits per heavy atom. The summed E-state index contributed by atoms with van der Waals surface area (Å²) in [5.74, 6) is -1.20. The fourth-order valence-corrected chi connectivity index (χ4v) is 4.37. The van der Waals surface area contributed by atoms with Gasteiger partial charge >= 0.3 is 5.97 Å². The highest BCUT2D eigenvalue weighted by Crippen LogP contribution is 2.34. The molecule has 2 aromatic carbocycles. The summed E-state index contributed by atoms with van der Waals surface area (Å²) >= 11 is 0. The first kappa shape index (κ1) is 20.4. The molecule has 0 atom stereocenters. The van der Waals surface area contributed by atoms with Crippen molar-refractivity contribution in [1.82, 2.24) is 0 Å². The van der Waals surface area contributed by atoms with Gasteiger partial charge in [0.05, 0.1) is 17.0 Å². The van der Waals surface area contributed by atoms with Crippen LogP contribution in [-0.2, 0) is 14.8 Å². The average Bonchev–Trinajstić information content (AvgIpc) is 2.61. The lowest BCUT2D eigenvalue weighted by Crippen LogP contribution is -2.34. The zero-order chi connectivity index (χ0) is 20.2. The highest BCUT2D eigenvalue weighted by atomic mass is 32.2. The van der Waals surface area contributed by atoms with Gasteiger partial charge in [-0.25, -0.2) is 8.42 Å². The molecule has 0 spiro atoms. The van der Waals surface area contributed by atoms with Crippen molar-refractivity contribution >= 4 is 27.4 Å². The molecule has 144 valence electrons. The van der Waals surface area contributed by atoms with E-state index in [0.29, 0.717) is 11.3 Å². The van der Waals surface area contributed by atoms with Crippen molar-refractivity contribution in [2.45, 2.75) is 31.1 Å². The van der Waals surface area contributed by atoms with Gasteiger partial charge in [0.15, 0.2) is 4.90 Å². The van der Waals surface area contributed by atoms with E-state index < -0.39 is 37.9 Å². The van der Waals surface area contributed by atoms with Gasteiger partial charge in [-0.3, -0.25) is 19.2 Å². The van der Waals surface area contributed by atoms with Crippen molar-refractivity contribution in [2.75, 3.05) is 10.8 Å². The minimum Gasteiger partial charge on any atom is -0.481 e. The van der Waals surface area contributed by atoms with Gasteiger partial charge in [-0.05, 0) is 23.6 Å². The molecule has 0 radical (unpaired) electrons. The van der Waals surface area contributed by atoms with E-state index in [4.69, 9.17) is 5.11 Å². The van der Waals surface area contributed by atoms with Crippen molar-refractivity contribution < 1.29 is 23.2 Å². The number of hydrogen-bond acceptors (Lipinski definition) is 5. The van der Waals surface area contributed by atoms with Crippen molar-refractivity contribution in [2.24, 2.45) is 0 Å². The van der Waals surface area contributed by atoms with Crippen molar-refractivity contribution in [3.8, 4) is 0 Å². The Bertz CT molecular complexity index is 956. The van der Waals surface area contributed by atoms with Crippen LogP contribution in [0, 0.1) is 10.1 Å². The van der Waals surface area contributed by atoms with Gasteiger partial charge in [-0.15, -0.1) is 0 Å². The van der Waals surface area contributed by atoms with Crippen LogP contribution in [0.15, 0.2) is 53.4 Å². The molecule has 0 unspecified atom stereocenters. The fourth-order valence-electron chi connectivity index (χ4n) is 2.72. The number of rotatable bonds is 8. The van der Waals surface area contributed by atoms with Crippen LogP contribution in [-0.4, -0.2) is 31.0 Å². The van der Waals surface area contributed by atoms with Crippen molar-refractivity contribution in [3.63, 3.8) is 0 Å². The zero-order valence-corrected chi connectivity index (χ0v) is 15.7. The van der Waals surface area contributed by atoms with Crippen molar-refractivity contribution in [3.05, 3.63) is 64.2 Å². The number of aliphatic carboxylic acids is 1. The summed E-state index contributed by atoms with van der Waals surface area (Å²) in [7, 11) is -4.35. The first-order valence-electron chi connectivity index (χ1n) is 8.23. The maximum atomic E-state index is 13.3. The van der Waals surface area contributed by atoms with Crippen LogP contribution in [0.1, 0.15) is 31.7 Å². The number of sulfonamides is 1. The molecule has 0 aliphatic carbocycles. The Kier molecular flexibility index (Phi) is 6.17. The average molecular weight is 392 g/mol. The maximum Gasteiger partial charge on any atom is 0.305 e. The summed E-state index contributed by atoms with van der Waals surface area (Å²) in [6.45, 7) is 3.42. The van der Waals surface area contributed by atoms with Gasteiger partial charge in [0.2, 0.25) is 0 Å². The zero-order valence-electron chi connectivity index (χ0n) is 14.9. The quantitative estimate of drug-likeness (QED) is 0.543. The van der Waals surface area contributed by atoms with Crippen LogP contribution in [0.2, 0.25) is 0 Å². The number of para-hydroxylation sites is 2. The minimum atomic E-state index is -4.35. The van der Waals surface area contributed by atoms with Gasteiger partial charge < -0.3 is 5.11 Å². The summed E-state index contributed by atoms with van der Waals surface area (Å²) in [4.78, 5) is 21.1. The molecule has 0 saturated carbocycles. The van der Waals surface area contributed by atoms with E-state index in [-0.39, 0.29) is 12.5 Å². The summed E-state index contributed by atoms with van der Waals surface area (Å²) in [6.07, 6.45) is -0.438. The van der Waals surface area contributed by atoms with Crippen LogP contribution in [0.5, 0.6) is 0 Å². The van der Waals surface area contributed by atoms with E-state index in [0.717, 1.165) is 16.4 Å². The van der Waals surface area contributed by atoms with Gasteiger partial charge in [0.1, 0.15) is 0 Å². The number of benzene rings is 2. The fraction of sp³-hybridized carbons (Fsp3) is 0.278. The molecule has 2 rings (SSSR count). The van der Waals surface area contributed by atoms with E-state index in [2.05, 4.69) is 0 Å². The number of carbonyl (C=O) groups is 1.